The van der Waals surface area contributed by atoms with Crippen molar-refractivity contribution < 1.29 is 14.3 Å². The van der Waals surface area contributed by atoms with Crippen LogP contribution in [0.4, 0.5) is 0 Å². The Hall–Kier alpha value is -2.69. The van der Waals surface area contributed by atoms with Crippen molar-refractivity contribution in [2.45, 2.75) is 44.7 Å². The van der Waals surface area contributed by atoms with Crippen LogP contribution in [-0.4, -0.2) is 57.0 Å². The summed E-state index contributed by atoms with van der Waals surface area (Å²) in [5, 5.41) is 8.32. The van der Waals surface area contributed by atoms with E-state index in [2.05, 4.69) is 10.4 Å². The Labute approximate surface area is 190 Å². The highest BCUT2D eigenvalue weighted by molar-refractivity contribution is 7.99. The molecule has 1 unspecified atom stereocenters. The Bertz CT molecular complexity index is 1170. The predicted octanol–water partition coefficient (Wildman–Crippen LogP) is 2.44. The number of hydrogen-bond donors (Lipinski definition) is 1. The second kappa shape index (κ2) is 9.85. The number of amides is 1. The molecule has 1 atom stereocenters. The summed E-state index contributed by atoms with van der Waals surface area (Å²) in [7, 11) is 0. The fourth-order valence-electron chi connectivity index (χ4n) is 3.78. The SMILES string of the molecule is CCOC(CNC(=O)CC1CSc2nc3c(cnn3-c3ccccc3C)c(=O)n21)OCC. The molecule has 10 heteroatoms. The third kappa shape index (κ3) is 4.43. The van der Waals surface area contributed by atoms with Crippen LogP contribution in [0.25, 0.3) is 16.7 Å². The van der Waals surface area contributed by atoms with Crippen molar-refractivity contribution in [2.24, 2.45) is 0 Å². The van der Waals surface area contributed by atoms with Crippen molar-refractivity contribution in [3.8, 4) is 5.69 Å². The number of carbonyl (C=O) groups is 1. The molecule has 0 fully saturated rings. The Balaban J connectivity index is 1.54. The van der Waals surface area contributed by atoms with Crippen LogP contribution in [0.15, 0.2) is 40.4 Å². The van der Waals surface area contributed by atoms with Gasteiger partial charge in [-0.05, 0) is 32.4 Å². The van der Waals surface area contributed by atoms with E-state index in [1.54, 1.807) is 15.4 Å². The van der Waals surface area contributed by atoms with Crippen molar-refractivity contribution >= 4 is 28.7 Å². The minimum Gasteiger partial charge on any atom is -0.351 e. The van der Waals surface area contributed by atoms with Crippen molar-refractivity contribution in [1.82, 2.24) is 24.6 Å². The normalized spacial score (nSPS) is 15.4. The Kier molecular flexibility index (Phi) is 6.92. The smallest absolute Gasteiger partial charge is 0.265 e. The maximum atomic E-state index is 13.3. The van der Waals surface area contributed by atoms with Gasteiger partial charge >= 0.3 is 0 Å². The van der Waals surface area contributed by atoms with Crippen molar-refractivity contribution in [1.29, 1.82) is 0 Å². The van der Waals surface area contributed by atoms with Gasteiger partial charge in [-0.15, -0.1) is 0 Å². The molecule has 1 aromatic carbocycles. The van der Waals surface area contributed by atoms with E-state index in [-0.39, 0.29) is 30.5 Å². The summed E-state index contributed by atoms with van der Waals surface area (Å²) in [6.07, 6.45) is 1.26. The molecule has 170 valence electrons. The van der Waals surface area contributed by atoms with E-state index in [9.17, 15) is 9.59 Å². The molecular formula is C22H27N5O4S. The highest BCUT2D eigenvalue weighted by Gasteiger charge is 2.30. The standard InChI is InChI=1S/C22H27N5O4S/c1-4-30-19(31-5-2)12-23-18(28)10-15-13-32-22-25-20-16(21(29)26(15)22)11-24-27(20)17-9-7-6-8-14(17)3/h6-9,11,15,19H,4-5,10,12-13H2,1-3H3,(H,23,28). The van der Waals surface area contributed by atoms with Crippen molar-refractivity contribution in [2.75, 3.05) is 25.5 Å². The molecule has 0 bridgehead atoms. The topological polar surface area (TPSA) is 100 Å². The number of ether oxygens (including phenoxy) is 2. The predicted molar refractivity (Wildman–Crippen MR) is 122 cm³/mol. The summed E-state index contributed by atoms with van der Waals surface area (Å²) < 4.78 is 14.2. The molecule has 1 aliphatic heterocycles. The number of aromatic nitrogens is 4. The summed E-state index contributed by atoms with van der Waals surface area (Å²) in [5.74, 6) is 0.455. The van der Waals surface area contributed by atoms with Crippen LogP contribution >= 0.6 is 11.8 Å². The number of para-hydroxylation sites is 1. The number of thioether (sulfide) groups is 1. The van der Waals surface area contributed by atoms with E-state index in [1.807, 2.05) is 45.0 Å². The number of carbonyl (C=O) groups excluding carboxylic acids is 1. The zero-order valence-electron chi connectivity index (χ0n) is 18.4. The first-order chi connectivity index (χ1) is 15.5. The van der Waals surface area contributed by atoms with Gasteiger partial charge < -0.3 is 14.8 Å². The summed E-state index contributed by atoms with van der Waals surface area (Å²) in [6.45, 7) is 7.02. The van der Waals surface area contributed by atoms with Crippen LogP contribution in [0.5, 0.6) is 0 Å². The lowest BCUT2D eigenvalue weighted by Crippen LogP contribution is -2.37. The van der Waals surface area contributed by atoms with E-state index in [4.69, 9.17) is 14.5 Å². The number of hydrogen-bond acceptors (Lipinski definition) is 7. The van der Waals surface area contributed by atoms with Gasteiger partial charge in [-0.2, -0.15) is 5.10 Å². The summed E-state index contributed by atoms with van der Waals surface area (Å²) >= 11 is 1.48. The fourth-order valence-corrected chi connectivity index (χ4v) is 4.91. The van der Waals surface area contributed by atoms with Gasteiger partial charge in [0.1, 0.15) is 5.39 Å². The lowest BCUT2D eigenvalue weighted by atomic mass is 10.2. The van der Waals surface area contributed by atoms with Gasteiger partial charge in [0.25, 0.3) is 5.56 Å². The van der Waals surface area contributed by atoms with Crippen LogP contribution in [0, 0.1) is 6.92 Å². The molecule has 32 heavy (non-hydrogen) atoms. The van der Waals surface area contributed by atoms with Crippen molar-refractivity contribution in [3.63, 3.8) is 0 Å². The Morgan fingerprint density at radius 2 is 2.03 bits per heavy atom. The lowest BCUT2D eigenvalue weighted by Gasteiger charge is -2.18. The summed E-state index contributed by atoms with van der Waals surface area (Å²) in [6, 6.07) is 7.57. The molecule has 0 saturated heterocycles. The van der Waals surface area contributed by atoms with Gasteiger partial charge in [0.05, 0.1) is 24.5 Å². The molecule has 0 radical (unpaired) electrons. The van der Waals surface area contributed by atoms with Gasteiger partial charge in [0.15, 0.2) is 17.1 Å². The number of nitrogens with zero attached hydrogens (tertiary/aromatic N) is 4. The van der Waals surface area contributed by atoms with E-state index in [0.29, 0.717) is 35.2 Å². The number of rotatable bonds is 9. The number of benzene rings is 1. The maximum absolute atomic E-state index is 13.3. The third-order valence-corrected chi connectivity index (χ3v) is 6.40. The van der Waals surface area contributed by atoms with Crippen molar-refractivity contribution in [3.05, 3.63) is 46.4 Å². The van der Waals surface area contributed by atoms with E-state index in [0.717, 1.165) is 11.3 Å². The molecule has 3 aromatic rings. The molecule has 0 spiro atoms. The molecule has 2 aromatic heterocycles. The molecule has 1 amide bonds. The minimum absolute atomic E-state index is 0.157. The van der Waals surface area contributed by atoms with Gasteiger partial charge in [-0.1, -0.05) is 30.0 Å². The molecule has 1 N–H and O–H groups in total. The van der Waals surface area contributed by atoms with Crippen LogP contribution < -0.4 is 10.9 Å². The molecular weight excluding hydrogens is 430 g/mol. The van der Waals surface area contributed by atoms with E-state index < -0.39 is 6.29 Å². The van der Waals surface area contributed by atoms with Gasteiger partial charge in [0, 0.05) is 25.4 Å². The first kappa shape index (κ1) is 22.5. The van der Waals surface area contributed by atoms with E-state index >= 15 is 0 Å². The van der Waals surface area contributed by atoms with Crippen LogP contribution in [0.3, 0.4) is 0 Å². The molecule has 3 heterocycles. The van der Waals surface area contributed by atoms with Gasteiger partial charge in [0.2, 0.25) is 5.91 Å². The maximum Gasteiger partial charge on any atom is 0.265 e. The highest BCUT2D eigenvalue weighted by Crippen LogP contribution is 2.33. The fraction of sp³-hybridized carbons (Fsp3) is 0.455. The Morgan fingerprint density at radius 1 is 1.28 bits per heavy atom. The zero-order chi connectivity index (χ0) is 22.7. The summed E-state index contributed by atoms with van der Waals surface area (Å²) in [4.78, 5) is 30.5. The molecule has 0 saturated carbocycles. The number of nitrogens with one attached hydrogen (secondary N) is 1. The molecule has 1 aliphatic rings. The van der Waals surface area contributed by atoms with Gasteiger partial charge in [-0.25, -0.2) is 9.67 Å². The average molecular weight is 458 g/mol. The molecule has 0 aliphatic carbocycles. The van der Waals surface area contributed by atoms with Crippen LogP contribution in [0.1, 0.15) is 31.9 Å². The highest BCUT2D eigenvalue weighted by atomic mass is 32.2. The van der Waals surface area contributed by atoms with Crippen LogP contribution in [0.2, 0.25) is 0 Å². The second-order valence-electron chi connectivity index (χ2n) is 7.46. The largest absolute Gasteiger partial charge is 0.351 e. The lowest BCUT2D eigenvalue weighted by molar-refractivity contribution is -0.140. The number of aryl methyl sites for hydroxylation is 1. The first-order valence-corrected chi connectivity index (χ1v) is 11.7. The monoisotopic (exact) mass is 457 g/mol. The quantitative estimate of drug-likeness (QED) is 0.389. The second-order valence-corrected chi connectivity index (χ2v) is 8.45. The minimum atomic E-state index is -0.476. The zero-order valence-corrected chi connectivity index (χ0v) is 19.2. The van der Waals surface area contributed by atoms with Gasteiger partial charge in [-0.3, -0.25) is 14.2 Å². The van der Waals surface area contributed by atoms with Crippen LogP contribution in [-0.2, 0) is 14.3 Å². The average Bonchev–Trinajstić information content (AvgIpc) is 3.38. The first-order valence-electron chi connectivity index (χ1n) is 10.7. The number of fused-ring (bicyclic) bond motifs is 2. The Morgan fingerprint density at radius 3 is 2.75 bits per heavy atom. The molecule has 9 nitrogen and oxygen atoms in total. The third-order valence-electron chi connectivity index (χ3n) is 5.31. The summed E-state index contributed by atoms with van der Waals surface area (Å²) in [5.41, 5.74) is 2.29. The molecule has 4 rings (SSSR count). The van der Waals surface area contributed by atoms with E-state index in [1.165, 1.54) is 11.8 Å².